The van der Waals surface area contributed by atoms with E-state index in [9.17, 15) is 19.2 Å². The van der Waals surface area contributed by atoms with Gasteiger partial charge >= 0.3 is 6.09 Å². The van der Waals surface area contributed by atoms with Crippen LogP contribution >= 0.6 is 0 Å². The number of carbonyl (C=O) groups is 4. The normalized spacial score (nSPS) is 23.0. The van der Waals surface area contributed by atoms with Crippen LogP contribution in [0, 0.1) is 5.92 Å². The molecule has 1 atom stereocenters. The Bertz CT molecular complexity index is 632. The lowest BCUT2D eigenvalue weighted by Gasteiger charge is -2.38. The smallest absolute Gasteiger partial charge is 0.409 e. The molecule has 0 N–H and O–H groups in total. The summed E-state index contributed by atoms with van der Waals surface area (Å²) in [7, 11) is 0. The summed E-state index contributed by atoms with van der Waals surface area (Å²) < 4.78 is 5.02. The van der Waals surface area contributed by atoms with Crippen LogP contribution in [0.1, 0.15) is 39.0 Å². The highest BCUT2D eigenvalue weighted by Gasteiger charge is 2.34. The third-order valence-electron chi connectivity index (χ3n) is 5.99. The van der Waals surface area contributed by atoms with Crippen LogP contribution < -0.4 is 0 Å². The maximum atomic E-state index is 12.9. The Balaban J connectivity index is 1.44. The van der Waals surface area contributed by atoms with Crippen LogP contribution in [-0.4, -0.2) is 102 Å². The molecule has 3 rings (SSSR count). The van der Waals surface area contributed by atoms with Gasteiger partial charge in [0.2, 0.25) is 17.7 Å². The number of piperazine rings is 1. The maximum Gasteiger partial charge on any atom is 0.409 e. The van der Waals surface area contributed by atoms with Crippen LogP contribution in [0.3, 0.4) is 0 Å². The molecule has 0 aromatic heterocycles. The molecule has 4 amide bonds. The Morgan fingerprint density at radius 3 is 2.24 bits per heavy atom. The zero-order valence-electron chi connectivity index (χ0n) is 17.3. The fourth-order valence-electron chi connectivity index (χ4n) is 4.31. The zero-order chi connectivity index (χ0) is 20.8. The SMILES string of the molecule is CCOC(=O)N1CCN(C(=O)[C@@H]2CCC(=O)N(CCCN3CCCC3=O)C2)CC1. The number of likely N-dealkylation sites (tertiary alicyclic amines) is 2. The molecule has 9 nitrogen and oxygen atoms in total. The van der Waals surface area contributed by atoms with Gasteiger partial charge in [0, 0.05) is 65.2 Å². The number of ether oxygens (including phenoxy) is 1. The van der Waals surface area contributed by atoms with Crippen molar-refractivity contribution in [2.75, 3.05) is 59.0 Å². The van der Waals surface area contributed by atoms with Crippen LogP contribution in [0.15, 0.2) is 0 Å². The monoisotopic (exact) mass is 408 g/mol. The summed E-state index contributed by atoms with van der Waals surface area (Å²) in [6.07, 6.45) is 2.94. The van der Waals surface area contributed by atoms with E-state index in [2.05, 4.69) is 0 Å². The average molecular weight is 408 g/mol. The third kappa shape index (κ3) is 5.39. The predicted octanol–water partition coefficient (Wildman–Crippen LogP) is 0.538. The largest absolute Gasteiger partial charge is 0.450 e. The molecule has 0 aromatic carbocycles. The molecule has 0 aliphatic carbocycles. The standard InChI is InChI=1S/C20H32N4O5/c1-2-29-20(28)23-13-11-22(12-14-23)19(27)16-6-7-18(26)24(15-16)10-4-9-21-8-3-5-17(21)25/h16H,2-15H2,1H3/t16-/m1/s1. The van der Waals surface area contributed by atoms with Gasteiger partial charge in [-0.3, -0.25) is 14.4 Å². The Labute approximate surface area is 171 Å². The number of carbonyl (C=O) groups excluding carboxylic acids is 4. The van der Waals surface area contributed by atoms with Gasteiger partial charge in [0.15, 0.2) is 0 Å². The molecule has 9 heteroatoms. The predicted molar refractivity (Wildman–Crippen MR) is 105 cm³/mol. The van der Waals surface area contributed by atoms with Gasteiger partial charge in [-0.1, -0.05) is 0 Å². The molecule has 3 saturated heterocycles. The van der Waals surface area contributed by atoms with Gasteiger partial charge in [0.25, 0.3) is 0 Å². The second kappa shape index (κ2) is 9.93. The zero-order valence-corrected chi connectivity index (χ0v) is 17.3. The first-order valence-corrected chi connectivity index (χ1v) is 10.8. The summed E-state index contributed by atoms with van der Waals surface area (Å²) in [5, 5.41) is 0. The topological polar surface area (TPSA) is 90.5 Å². The summed E-state index contributed by atoms with van der Waals surface area (Å²) in [5.74, 6) is 0.176. The minimum absolute atomic E-state index is 0.0701. The van der Waals surface area contributed by atoms with Crippen molar-refractivity contribution < 1.29 is 23.9 Å². The van der Waals surface area contributed by atoms with E-state index in [1.54, 1.807) is 21.6 Å². The molecule has 3 heterocycles. The molecule has 0 bridgehead atoms. The summed E-state index contributed by atoms with van der Waals surface area (Å²) in [5.41, 5.74) is 0. The van der Waals surface area contributed by atoms with Crippen molar-refractivity contribution in [2.45, 2.75) is 39.0 Å². The van der Waals surface area contributed by atoms with Gasteiger partial charge in [-0.15, -0.1) is 0 Å². The van der Waals surface area contributed by atoms with Gasteiger partial charge in [0.1, 0.15) is 0 Å². The van der Waals surface area contributed by atoms with Gasteiger partial charge in [-0.25, -0.2) is 4.79 Å². The third-order valence-corrected chi connectivity index (χ3v) is 5.99. The Morgan fingerprint density at radius 2 is 1.59 bits per heavy atom. The molecule has 3 fully saturated rings. The summed E-state index contributed by atoms with van der Waals surface area (Å²) in [4.78, 5) is 55.8. The van der Waals surface area contributed by atoms with E-state index in [-0.39, 0.29) is 29.7 Å². The minimum atomic E-state index is -0.328. The summed E-state index contributed by atoms with van der Waals surface area (Å²) in [6, 6.07) is 0. The molecule has 3 aliphatic rings. The highest BCUT2D eigenvalue weighted by molar-refractivity contribution is 5.84. The second-order valence-corrected chi connectivity index (χ2v) is 7.92. The van der Waals surface area contributed by atoms with E-state index in [0.717, 1.165) is 19.4 Å². The van der Waals surface area contributed by atoms with E-state index in [1.165, 1.54) is 0 Å². The van der Waals surface area contributed by atoms with Crippen LogP contribution in [0.5, 0.6) is 0 Å². The number of amides is 4. The molecule has 0 aromatic rings. The second-order valence-electron chi connectivity index (χ2n) is 7.92. The molecule has 3 aliphatic heterocycles. The molecule has 162 valence electrons. The van der Waals surface area contributed by atoms with Gasteiger partial charge < -0.3 is 24.3 Å². The number of rotatable bonds is 6. The highest BCUT2D eigenvalue weighted by atomic mass is 16.6. The van der Waals surface area contributed by atoms with Crippen molar-refractivity contribution >= 4 is 23.8 Å². The number of hydrogen-bond acceptors (Lipinski definition) is 5. The Hall–Kier alpha value is -2.32. The average Bonchev–Trinajstić information content (AvgIpc) is 3.14. The van der Waals surface area contributed by atoms with Crippen molar-refractivity contribution in [2.24, 2.45) is 5.92 Å². The lowest BCUT2D eigenvalue weighted by atomic mass is 9.95. The fraction of sp³-hybridized carbons (Fsp3) is 0.800. The molecule has 0 saturated carbocycles. The quantitative estimate of drug-likeness (QED) is 0.640. The first-order valence-electron chi connectivity index (χ1n) is 10.8. The van der Waals surface area contributed by atoms with E-state index < -0.39 is 0 Å². The van der Waals surface area contributed by atoms with E-state index in [4.69, 9.17) is 4.74 Å². The summed E-state index contributed by atoms with van der Waals surface area (Å²) in [6.45, 7) is 6.59. The Kier molecular flexibility index (Phi) is 7.33. The maximum absolute atomic E-state index is 12.9. The van der Waals surface area contributed by atoms with E-state index >= 15 is 0 Å². The minimum Gasteiger partial charge on any atom is -0.450 e. The molecule has 0 unspecified atom stereocenters. The van der Waals surface area contributed by atoms with Crippen LogP contribution in [-0.2, 0) is 19.1 Å². The van der Waals surface area contributed by atoms with E-state index in [0.29, 0.717) is 71.7 Å². The molecule has 0 radical (unpaired) electrons. The molecular formula is C20H32N4O5. The lowest BCUT2D eigenvalue weighted by Crippen LogP contribution is -2.54. The fourth-order valence-corrected chi connectivity index (χ4v) is 4.31. The van der Waals surface area contributed by atoms with Gasteiger partial charge in [-0.2, -0.15) is 0 Å². The summed E-state index contributed by atoms with van der Waals surface area (Å²) >= 11 is 0. The number of hydrogen-bond donors (Lipinski definition) is 0. The Morgan fingerprint density at radius 1 is 0.931 bits per heavy atom. The number of nitrogens with zero attached hydrogens (tertiary/aromatic N) is 4. The van der Waals surface area contributed by atoms with Crippen LogP contribution in [0.4, 0.5) is 4.79 Å². The van der Waals surface area contributed by atoms with Crippen molar-refractivity contribution in [3.63, 3.8) is 0 Å². The van der Waals surface area contributed by atoms with Crippen LogP contribution in [0.2, 0.25) is 0 Å². The van der Waals surface area contributed by atoms with Gasteiger partial charge in [-0.05, 0) is 26.2 Å². The van der Waals surface area contributed by atoms with Crippen molar-refractivity contribution in [1.29, 1.82) is 0 Å². The highest BCUT2D eigenvalue weighted by Crippen LogP contribution is 2.21. The van der Waals surface area contributed by atoms with Crippen molar-refractivity contribution in [1.82, 2.24) is 19.6 Å². The van der Waals surface area contributed by atoms with Gasteiger partial charge in [0.05, 0.1) is 12.5 Å². The van der Waals surface area contributed by atoms with E-state index in [1.807, 2.05) is 4.90 Å². The van der Waals surface area contributed by atoms with Crippen molar-refractivity contribution in [3.05, 3.63) is 0 Å². The molecule has 0 spiro atoms. The lowest BCUT2D eigenvalue weighted by molar-refractivity contribution is -0.144. The van der Waals surface area contributed by atoms with Crippen molar-refractivity contribution in [3.8, 4) is 0 Å². The first kappa shape index (κ1) is 21.4. The molecule has 29 heavy (non-hydrogen) atoms. The molecular weight excluding hydrogens is 376 g/mol. The first-order chi connectivity index (χ1) is 14.0. The number of piperidine rings is 1. The van der Waals surface area contributed by atoms with Crippen LogP contribution in [0.25, 0.3) is 0 Å².